The molecule has 1 N–H and O–H groups in total. The number of carbonyl (C=O) groups excluding carboxylic acids is 1. The molecule has 0 radical (unpaired) electrons. The summed E-state index contributed by atoms with van der Waals surface area (Å²) in [7, 11) is 4.64. The van der Waals surface area contributed by atoms with Crippen molar-refractivity contribution in [2.45, 2.75) is 19.8 Å². The summed E-state index contributed by atoms with van der Waals surface area (Å²) in [6.45, 7) is 3.38. The zero-order chi connectivity index (χ0) is 20.1. The number of rotatable bonds is 6. The predicted octanol–water partition coefficient (Wildman–Crippen LogP) is 2.67. The zero-order valence-electron chi connectivity index (χ0n) is 16.7. The molecule has 150 valence electrons. The summed E-state index contributed by atoms with van der Waals surface area (Å²) in [6.07, 6.45) is 1.74. The number of aryl methyl sites for hydroxylation is 1. The van der Waals surface area contributed by atoms with E-state index in [2.05, 4.69) is 20.4 Å². The van der Waals surface area contributed by atoms with E-state index in [1.165, 1.54) is 0 Å². The van der Waals surface area contributed by atoms with Crippen LogP contribution >= 0.6 is 0 Å². The van der Waals surface area contributed by atoms with Crippen molar-refractivity contribution >= 4 is 17.4 Å². The smallest absolute Gasteiger partial charge is 0.229 e. The standard InChI is InChI=1S/C20H26N4O4/c1-13-7-8-18(23-22-13)24-9-5-6-14(12-24)20(25)21-15-10-16(26-2)19(28-4)17(11-15)27-3/h7-8,10-11,14H,5-6,9,12H2,1-4H3,(H,21,25). The van der Waals surface area contributed by atoms with Crippen LogP contribution in [0.1, 0.15) is 18.5 Å². The molecule has 0 saturated carbocycles. The van der Waals surface area contributed by atoms with Crippen molar-refractivity contribution in [2.75, 3.05) is 44.6 Å². The lowest BCUT2D eigenvalue weighted by Crippen LogP contribution is -2.41. The maximum absolute atomic E-state index is 12.9. The Balaban J connectivity index is 1.72. The number of methoxy groups -OCH3 is 3. The molecule has 1 aromatic heterocycles. The van der Waals surface area contributed by atoms with Crippen LogP contribution in [-0.4, -0.2) is 50.5 Å². The van der Waals surface area contributed by atoms with Crippen LogP contribution in [0, 0.1) is 12.8 Å². The fourth-order valence-electron chi connectivity index (χ4n) is 3.36. The summed E-state index contributed by atoms with van der Waals surface area (Å²) in [5.74, 6) is 2.10. The van der Waals surface area contributed by atoms with Crippen LogP contribution in [0.3, 0.4) is 0 Å². The van der Waals surface area contributed by atoms with Crippen LogP contribution in [0.2, 0.25) is 0 Å². The number of aromatic nitrogens is 2. The van der Waals surface area contributed by atoms with Gasteiger partial charge in [0.15, 0.2) is 17.3 Å². The maximum atomic E-state index is 12.9. The van der Waals surface area contributed by atoms with Gasteiger partial charge in [-0.05, 0) is 31.9 Å². The summed E-state index contributed by atoms with van der Waals surface area (Å²) in [5, 5.41) is 11.3. The molecule has 8 nitrogen and oxygen atoms in total. The molecule has 0 spiro atoms. The van der Waals surface area contributed by atoms with Gasteiger partial charge in [0, 0.05) is 30.9 Å². The fourth-order valence-corrected chi connectivity index (χ4v) is 3.36. The lowest BCUT2D eigenvalue weighted by atomic mass is 9.97. The molecule has 2 heterocycles. The molecule has 1 aliphatic rings. The second-order valence-corrected chi connectivity index (χ2v) is 6.72. The number of piperidine rings is 1. The van der Waals surface area contributed by atoms with Crippen LogP contribution in [-0.2, 0) is 4.79 Å². The molecule has 1 atom stereocenters. The third-order valence-electron chi connectivity index (χ3n) is 4.83. The second-order valence-electron chi connectivity index (χ2n) is 6.72. The molecule has 0 bridgehead atoms. The van der Waals surface area contributed by atoms with Gasteiger partial charge in [0.2, 0.25) is 11.7 Å². The Morgan fingerprint density at radius 3 is 2.39 bits per heavy atom. The Kier molecular flexibility index (Phi) is 6.18. The van der Waals surface area contributed by atoms with Gasteiger partial charge in [0.1, 0.15) is 0 Å². The van der Waals surface area contributed by atoms with E-state index in [4.69, 9.17) is 14.2 Å². The van der Waals surface area contributed by atoms with E-state index >= 15 is 0 Å². The van der Waals surface area contributed by atoms with E-state index in [0.29, 0.717) is 29.5 Å². The number of anilines is 2. The van der Waals surface area contributed by atoms with Crippen LogP contribution in [0.4, 0.5) is 11.5 Å². The molecule has 1 aromatic carbocycles. The lowest BCUT2D eigenvalue weighted by molar-refractivity contribution is -0.120. The first-order valence-electron chi connectivity index (χ1n) is 9.22. The minimum atomic E-state index is -0.143. The molecule has 28 heavy (non-hydrogen) atoms. The number of hydrogen-bond acceptors (Lipinski definition) is 7. The van der Waals surface area contributed by atoms with Crippen molar-refractivity contribution in [2.24, 2.45) is 5.92 Å². The van der Waals surface area contributed by atoms with E-state index in [1.54, 1.807) is 33.5 Å². The SMILES string of the molecule is COc1cc(NC(=O)C2CCCN(c3ccc(C)nn3)C2)cc(OC)c1OC. The predicted molar refractivity (Wildman–Crippen MR) is 106 cm³/mol. The Labute approximate surface area is 164 Å². The third-order valence-corrected chi connectivity index (χ3v) is 4.83. The first kappa shape index (κ1) is 19.7. The summed E-state index contributed by atoms with van der Waals surface area (Å²) >= 11 is 0. The molecule has 1 fully saturated rings. The molecular formula is C20H26N4O4. The number of nitrogens with zero attached hydrogens (tertiary/aromatic N) is 3. The number of benzene rings is 1. The number of nitrogens with one attached hydrogen (secondary N) is 1. The fraction of sp³-hybridized carbons (Fsp3) is 0.450. The number of ether oxygens (including phenoxy) is 3. The van der Waals surface area contributed by atoms with Gasteiger partial charge in [-0.1, -0.05) is 0 Å². The topological polar surface area (TPSA) is 85.8 Å². The number of carbonyl (C=O) groups is 1. The van der Waals surface area contributed by atoms with Crippen LogP contribution in [0.15, 0.2) is 24.3 Å². The van der Waals surface area contributed by atoms with E-state index in [-0.39, 0.29) is 11.8 Å². The minimum Gasteiger partial charge on any atom is -0.493 e. The highest BCUT2D eigenvalue weighted by molar-refractivity contribution is 5.93. The molecule has 1 saturated heterocycles. The van der Waals surface area contributed by atoms with E-state index in [9.17, 15) is 4.79 Å². The maximum Gasteiger partial charge on any atom is 0.229 e. The van der Waals surface area contributed by atoms with Crippen molar-refractivity contribution < 1.29 is 19.0 Å². The van der Waals surface area contributed by atoms with Crippen LogP contribution in [0.5, 0.6) is 17.2 Å². The highest BCUT2D eigenvalue weighted by atomic mass is 16.5. The van der Waals surface area contributed by atoms with Gasteiger partial charge < -0.3 is 24.4 Å². The number of hydrogen-bond donors (Lipinski definition) is 1. The molecule has 1 amide bonds. The average Bonchev–Trinajstić information content (AvgIpc) is 2.73. The average molecular weight is 386 g/mol. The van der Waals surface area contributed by atoms with Gasteiger partial charge in [-0.3, -0.25) is 4.79 Å². The van der Waals surface area contributed by atoms with Crippen molar-refractivity contribution in [3.05, 3.63) is 30.0 Å². The first-order chi connectivity index (χ1) is 13.5. The normalized spacial score (nSPS) is 16.4. The molecule has 1 unspecified atom stereocenters. The summed E-state index contributed by atoms with van der Waals surface area (Å²) in [4.78, 5) is 15.0. The second kappa shape index (κ2) is 8.77. The van der Waals surface area contributed by atoms with Gasteiger partial charge in [-0.2, -0.15) is 5.10 Å². The van der Waals surface area contributed by atoms with Crippen molar-refractivity contribution in [1.82, 2.24) is 10.2 Å². The van der Waals surface area contributed by atoms with Crippen molar-refractivity contribution in [3.8, 4) is 17.2 Å². The van der Waals surface area contributed by atoms with Gasteiger partial charge in [0.25, 0.3) is 0 Å². The van der Waals surface area contributed by atoms with Crippen molar-refractivity contribution in [3.63, 3.8) is 0 Å². The molecule has 1 aliphatic heterocycles. The highest BCUT2D eigenvalue weighted by Crippen LogP contribution is 2.40. The van der Waals surface area contributed by atoms with E-state index in [0.717, 1.165) is 30.9 Å². The molecule has 3 rings (SSSR count). The Morgan fingerprint density at radius 2 is 1.82 bits per heavy atom. The summed E-state index contributed by atoms with van der Waals surface area (Å²) in [5.41, 5.74) is 1.48. The van der Waals surface area contributed by atoms with Gasteiger partial charge in [-0.15, -0.1) is 5.10 Å². The van der Waals surface area contributed by atoms with Gasteiger partial charge in [-0.25, -0.2) is 0 Å². The molecule has 8 heteroatoms. The van der Waals surface area contributed by atoms with Crippen LogP contribution < -0.4 is 24.4 Å². The van der Waals surface area contributed by atoms with E-state index in [1.807, 2.05) is 19.1 Å². The molecule has 0 aliphatic carbocycles. The van der Waals surface area contributed by atoms with E-state index < -0.39 is 0 Å². The lowest BCUT2D eigenvalue weighted by Gasteiger charge is -2.32. The Morgan fingerprint density at radius 1 is 1.11 bits per heavy atom. The Hall–Kier alpha value is -3.03. The summed E-state index contributed by atoms with van der Waals surface area (Å²) < 4.78 is 16.0. The first-order valence-corrected chi connectivity index (χ1v) is 9.22. The van der Waals surface area contributed by atoms with Crippen molar-refractivity contribution in [1.29, 1.82) is 0 Å². The summed E-state index contributed by atoms with van der Waals surface area (Å²) in [6, 6.07) is 7.33. The van der Waals surface area contributed by atoms with Crippen LogP contribution in [0.25, 0.3) is 0 Å². The monoisotopic (exact) mass is 386 g/mol. The largest absolute Gasteiger partial charge is 0.493 e. The zero-order valence-corrected chi connectivity index (χ0v) is 16.7. The van der Waals surface area contributed by atoms with Gasteiger partial charge >= 0.3 is 0 Å². The minimum absolute atomic E-state index is 0.0426. The molecule has 2 aromatic rings. The highest BCUT2D eigenvalue weighted by Gasteiger charge is 2.27. The van der Waals surface area contributed by atoms with Gasteiger partial charge in [0.05, 0.1) is 32.9 Å². The quantitative estimate of drug-likeness (QED) is 0.817. The third kappa shape index (κ3) is 4.27. The Bertz CT molecular complexity index is 800. The molecular weight excluding hydrogens is 360 g/mol. The number of amides is 1.